The number of esters is 3. The van der Waals surface area contributed by atoms with Crippen LogP contribution in [0.2, 0.25) is 0 Å². The fourth-order valence-corrected chi connectivity index (χ4v) is 8.72. The Morgan fingerprint density at radius 2 is 0.480 bits per heavy atom. The highest BCUT2D eigenvalue weighted by Gasteiger charge is 2.19. The summed E-state index contributed by atoms with van der Waals surface area (Å²) in [6, 6.07) is 0. The van der Waals surface area contributed by atoms with Crippen LogP contribution >= 0.6 is 0 Å². The average Bonchev–Trinajstić information content (AvgIpc) is 3.41. The van der Waals surface area contributed by atoms with Crippen molar-refractivity contribution in [2.75, 3.05) is 13.2 Å². The molecule has 0 aliphatic heterocycles. The largest absolute Gasteiger partial charge is 0.462 e. The molecule has 0 saturated carbocycles. The van der Waals surface area contributed by atoms with Crippen molar-refractivity contribution in [3.05, 3.63) is 97.2 Å². The molecule has 0 aromatic rings. The molecule has 0 rings (SSSR count). The van der Waals surface area contributed by atoms with Crippen molar-refractivity contribution in [3.63, 3.8) is 0 Å². The van der Waals surface area contributed by atoms with Crippen LogP contribution in [-0.2, 0) is 28.6 Å². The first-order valence-electron chi connectivity index (χ1n) is 31.7. The molecule has 0 fully saturated rings. The molecule has 6 nitrogen and oxygen atoms in total. The van der Waals surface area contributed by atoms with E-state index in [1.54, 1.807) is 0 Å². The number of ether oxygens (including phenoxy) is 3. The second-order valence-corrected chi connectivity index (χ2v) is 21.0. The molecule has 0 N–H and O–H groups in total. The number of hydrogen-bond acceptors (Lipinski definition) is 6. The van der Waals surface area contributed by atoms with Gasteiger partial charge in [0, 0.05) is 19.3 Å². The molecule has 0 aliphatic rings. The first-order valence-corrected chi connectivity index (χ1v) is 31.7. The topological polar surface area (TPSA) is 78.9 Å². The summed E-state index contributed by atoms with van der Waals surface area (Å²) >= 11 is 0. The van der Waals surface area contributed by atoms with Crippen molar-refractivity contribution in [1.29, 1.82) is 0 Å². The van der Waals surface area contributed by atoms with Crippen molar-refractivity contribution in [1.82, 2.24) is 0 Å². The first-order chi connectivity index (χ1) is 37.0. The van der Waals surface area contributed by atoms with Gasteiger partial charge in [0.1, 0.15) is 13.2 Å². The van der Waals surface area contributed by atoms with Crippen molar-refractivity contribution in [2.24, 2.45) is 0 Å². The van der Waals surface area contributed by atoms with E-state index in [1.807, 2.05) is 0 Å². The van der Waals surface area contributed by atoms with Gasteiger partial charge in [0.15, 0.2) is 6.10 Å². The number of carbonyl (C=O) groups is 3. The summed E-state index contributed by atoms with van der Waals surface area (Å²) in [6.45, 7) is 6.58. The highest BCUT2D eigenvalue weighted by molar-refractivity contribution is 5.71. The van der Waals surface area contributed by atoms with Crippen LogP contribution in [0.3, 0.4) is 0 Å². The molecule has 430 valence electrons. The minimum Gasteiger partial charge on any atom is -0.462 e. The smallest absolute Gasteiger partial charge is 0.306 e. The normalized spacial score (nSPS) is 12.7. The zero-order valence-electron chi connectivity index (χ0n) is 49.3. The van der Waals surface area contributed by atoms with Gasteiger partial charge in [-0.05, 0) is 128 Å². The lowest BCUT2D eigenvalue weighted by atomic mass is 10.1. The lowest BCUT2D eigenvalue weighted by molar-refractivity contribution is -0.167. The minimum absolute atomic E-state index is 0.0947. The quantitative estimate of drug-likeness (QED) is 0.0261. The van der Waals surface area contributed by atoms with Gasteiger partial charge >= 0.3 is 17.9 Å². The van der Waals surface area contributed by atoms with Gasteiger partial charge < -0.3 is 14.2 Å². The molecule has 1 atom stereocenters. The number of hydrogen-bond donors (Lipinski definition) is 0. The summed E-state index contributed by atoms with van der Waals surface area (Å²) in [5.74, 6) is -0.925. The van der Waals surface area contributed by atoms with E-state index in [1.165, 1.54) is 135 Å². The van der Waals surface area contributed by atoms with Gasteiger partial charge in [-0.25, -0.2) is 0 Å². The Kier molecular flexibility index (Phi) is 59.8. The molecule has 0 aromatic carbocycles. The van der Waals surface area contributed by atoms with Gasteiger partial charge in [0.2, 0.25) is 0 Å². The lowest BCUT2D eigenvalue weighted by Crippen LogP contribution is -2.30. The van der Waals surface area contributed by atoms with E-state index in [0.29, 0.717) is 19.3 Å². The highest BCUT2D eigenvalue weighted by atomic mass is 16.6. The van der Waals surface area contributed by atoms with Crippen molar-refractivity contribution in [3.8, 4) is 0 Å². The molecule has 0 saturated heterocycles. The third-order valence-corrected chi connectivity index (χ3v) is 13.5. The maximum absolute atomic E-state index is 12.9. The number of rotatable bonds is 57. The van der Waals surface area contributed by atoms with Gasteiger partial charge in [0.25, 0.3) is 0 Å². The van der Waals surface area contributed by atoms with E-state index in [0.717, 1.165) is 128 Å². The highest BCUT2D eigenvalue weighted by Crippen LogP contribution is 2.15. The molecule has 1 unspecified atom stereocenters. The SMILES string of the molecule is CCCCC/C=C\C/C=C\CCCCCCCC(=O)OCC(COC(=O)CCCCCCCC/C=C\C/C=C\C/C=C\CCCCCCC)OC(=O)CCCCCCCC/C=C\C/C=C\C/C=C\CCCCCCC. The van der Waals surface area contributed by atoms with Crippen molar-refractivity contribution < 1.29 is 28.6 Å². The molecule has 0 amide bonds. The summed E-state index contributed by atoms with van der Waals surface area (Å²) in [5.41, 5.74) is 0. The fourth-order valence-electron chi connectivity index (χ4n) is 8.72. The Balaban J connectivity index is 4.45. The molecular weight excluding hydrogens is 925 g/mol. The van der Waals surface area contributed by atoms with E-state index in [2.05, 4.69) is 118 Å². The maximum Gasteiger partial charge on any atom is 0.306 e. The molecule has 0 aliphatic carbocycles. The summed E-state index contributed by atoms with van der Waals surface area (Å²) in [6.07, 6.45) is 84.0. The zero-order valence-corrected chi connectivity index (χ0v) is 49.3. The van der Waals surface area contributed by atoms with Crippen molar-refractivity contribution in [2.45, 2.75) is 309 Å². The summed E-state index contributed by atoms with van der Waals surface area (Å²) in [5, 5.41) is 0. The second kappa shape index (κ2) is 62.9. The summed E-state index contributed by atoms with van der Waals surface area (Å²) in [4.78, 5) is 38.3. The lowest BCUT2D eigenvalue weighted by Gasteiger charge is -2.18. The van der Waals surface area contributed by atoms with Gasteiger partial charge in [0.05, 0.1) is 0 Å². The van der Waals surface area contributed by atoms with Crippen LogP contribution < -0.4 is 0 Å². The average molecular weight is 1040 g/mol. The predicted octanol–water partition coefficient (Wildman–Crippen LogP) is 21.7. The molecule has 0 heterocycles. The monoisotopic (exact) mass is 1040 g/mol. The number of allylic oxidation sites excluding steroid dienone is 16. The predicted molar refractivity (Wildman–Crippen MR) is 325 cm³/mol. The van der Waals surface area contributed by atoms with Crippen LogP contribution in [0.1, 0.15) is 303 Å². The van der Waals surface area contributed by atoms with E-state index in [4.69, 9.17) is 14.2 Å². The number of unbranched alkanes of at least 4 members (excludes halogenated alkanes) is 30. The Morgan fingerprint density at radius 1 is 0.267 bits per heavy atom. The van der Waals surface area contributed by atoms with Crippen LogP contribution in [0.25, 0.3) is 0 Å². The summed E-state index contributed by atoms with van der Waals surface area (Å²) < 4.78 is 16.9. The third kappa shape index (κ3) is 61.1. The third-order valence-electron chi connectivity index (χ3n) is 13.5. The molecule has 0 bridgehead atoms. The number of carbonyl (C=O) groups excluding carboxylic acids is 3. The van der Waals surface area contributed by atoms with E-state index < -0.39 is 6.10 Å². The van der Waals surface area contributed by atoms with Gasteiger partial charge in [-0.1, -0.05) is 253 Å². The molecular formula is C69H118O6. The van der Waals surface area contributed by atoms with Crippen LogP contribution in [0.5, 0.6) is 0 Å². The Hall–Kier alpha value is -3.67. The van der Waals surface area contributed by atoms with Gasteiger partial charge in [-0.2, -0.15) is 0 Å². The summed E-state index contributed by atoms with van der Waals surface area (Å²) in [7, 11) is 0. The molecule has 0 radical (unpaired) electrons. The van der Waals surface area contributed by atoms with Crippen LogP contribution in [0.15, 0.2) is 97.2 Å². The Bertz CT molecular complexity index is 1480. The van der Waals surface area contributed by atoms with Crippen LogP contribution in [0.4, 0.5) is 0 Å². The molecule has 6 heteroatoms. The maximum atomic E-state index is 12.9. The zero-order chi connectivity index (χ0) is 54.3. The Labute approximate surface area is 464 Å². The Morgan fingerprint density at radius 3 is 0.773 bits per heavy atom. The van der Waals surface area contributed by atoms with E-state index in [-0.39, 0.29) is 31.1 Å². The molecule has 0 aromatic heterocycles. The minimum atomic E-state index is -0.799. The molecule has 75 heavy (non-hydrogen) atoms. The van der Waals surface area contributed by atoms with Gasteiger partial charge in [-0.15, -0.1) is 0 Å². The standard InChI is InChI=1S/C69H118O6/c1-4-7-10-13-16-19-22-25-28-30-32-34-36-38-41-44-47-50-53-56-59-62-68(71)74-65-66(64-73-67(70)61-58-55-52-49-46-43-40-27-24-21-18-15-12-9-6-3)75-69(72)63-60-57-54-51-48-45-42-39-37-35-33-31-29-26-23-20-17-14-11-8-5-2/h18,21-23,25-27,30-33,36-40,66H,4-17,19-20,24,28-29,34-35,41-65H2,1-3H3/b21-18-,25-22-,26-23-,32-30-,33-31-,38-36-,39-37-,40-27-. The second-order valence-electron chi connectivity index (χ2n) is 21.0. The molecule has 0 spiro atoms. The fraction of sp³-hybridized carbons (Fsp3) is 0.725. The van der Waals surface area contributed by atoms with Crippen molar-refractivity contribution >= 4 is 17.9 Å². The van der Waals surface area contributed by atoms with E-state index in [9.17, 15) is 14.4 Å². The first kappa shape index (κ1) is 71.3. The van der Waals surface area contributed by atoms with Crippen LogP contribution in [0, 0.1) is 0 Å². The van der Waals surface area contributed by atoms with Crippen LogP contribution in [-0.4, -0.2) is 37.2 Å². The van der Waals surface area contributed by atoms with E-state index >= 15 is 0 Å². The van der Waals surface area contributed by atoms with Gasteiger partial charge in [-0.3, -0.25) is 14.4 Å².